The molecule has 2 aromatic carbocycles. The Bertz CT molecular complexity index is 1720. The summed E-state index contributed by atoms with van der Waals surface area (Å²) in [5, 5.41) is 39.2. The number of aliphatic imine (C=N–C) groups is 1. The summed E-state index contributed by atoms with van der Waals surface area (Å²) in [4.78, 5) is 38.2. The number of aryl methyl sites for hydroxylation is 2. The number of nitrogen functional groups attached to an aromatic ring is 1. The second-order valence-electron chi connectivity index (χ2n) is 9.18. The van der Waals surface area contributed by atoms with Crippen LogP contribution in [0.4, 0.5) is 24.5 Å². The van der Waals surface area contributed by atoms with Crippen molar-refractivity contribution in [3.05, 3.63) is 118 Å². The number of carboxylic acid groups (broad SMARTS) is 1. The van der Waals surface area contributed by atoms with E-state index in [0.717, 1.165) is 5.56 Å². The van der Waals surface area contributed by atoms with Crippen LogP contribution in [0.1, 0.15) is 65.2 Å². The van der Waals surface area contributed by atoms with Crippen molar-refractivity contribution in [1.29, 1.82) is 0 Å². The molecule has 0 spiro atoms. The number of carbonyl (C=O) groups excluding carboxylic acids is 3. The second kappa shape index (κ2) is 23.8. The summed E-state index contributed by atoms with van der Waals surface area (Å²) in [5.74, 6) is -2.44. The number of hydrogen-bond acceptors (Lipinski definition) is 12. The van der Waals surface area contributed by atoms with E-state index in [9.17, 15) is 33.3 Å². The minimum Gasteiger partial charge on any atom is -0.545 e. The van der Waals surface area contributed by atoms with E-state index in [-0.39, 0.29) is 71.6 Å². The van der Waals surface area contributed by atoms with E-state index in [1.807, 2.05) is 13.8 Å². The Kier molecular flexibility index (Phi) is 20.7. The molecule has 3 heterocycles. The van der Waals surface area contributed by atoms with Crippen molar-refractivity contribution >= 4 is 29.4 Å². The standard InChI is InChI=1S/C16H15FN2O3.C10H13NO3.C5H4FN.CH3F.CO2.Na/c1-2-10-6-9(8-20)7-12-13(10)16(21)22-15(19-12)11-4-3-5-18-14(11)17;1-2-7-3-6(5-12)4-8(11)9(7)10(13)14;6-5-3-1-2-4-7-5;1-2;2-1-3;/h3-7,16,20-21H,2,8H2,1H3;3-4,12H,2,5,11H2,1H3,(H,13,14);1-4H;1H3;;/q;;;;;+1/p-1/i;;;1D;;. The predicted octanol–water partition coefficient (Wildman–Crippen LogP) is 0.289. The average molecular weight is 696 g/mol. The molecule has 12 nitrogen and oxygen atoms in total. The van der Waals surface area contributed by atoms with E-state index in [2.05, 4.69) is 15.0 Å². The quantitative estimate of drug-likeness (QED) is 0.122. The summed E-state index contributed by atoms with van der Waals surface area (Å²) >= 11 is 0. The number of pyridine rings is 2. The number of anilines is 1. The Morgan fingerprint density at radius 1 is 1.00 bits per heavy atom. The zero-order valence-electron chi connectivity index (χ0n) is 27.9. The number of benzene rings is 2. The monoisotopic (exact) mass is 695 g/mol. The fourth-order valence-corrected chi connectivity index (χ4v) is 4.25. The van der Waals surface area contributed by atoms with Crippen molar-refractivity contribution in [2.75, 3.05) is 12.9 Å². The van der Waals surface area contributed by atoms with Gasteiger partial charge in [-0.3, -0.25) is 4.39 Å². The van der Waals surface area contributed by atoms with Crippen molar-refractivity contribution in [3.8, 4) is 0 Å². The van der Waals surface area contributed by atoms with Crippen LogP contribution in [0.25, 0.3) is 0 Å². The number of aliphatic hydroxyl groups is 3. The third kappa shape index (κ3) is 13.5. The smallest absolute Gasteiger partial charge is 0.545 e. The van der Waals surface area contributed by atoms with Crippen LogP contribution in [0.5, 0.6) is 0 Å². The summed E-state index contributed by atoms with van der Waals surface area (Å²) < 4.78 is 46.4. The number of aliphatic hydroxyl groups excluding tert-OH is 3. The van der Waals surface area contributed by atoms with Gasteiger partial charge in [0.2, 0.25) is 24.1 Å². The first-order chi connectivity index (χ1) is 23.5. The Morgan fingerprint density at radius 2 is 1.57 bits per heavy atom. The van der Waals surface area contributed by atoms with Crippen molar-refractivity contribution in [2.24, 2.45) is 4.99 Å². The molecule has 0 bridgehead atoms. The minimum absolute atomic E-state index is 0. The first kappa shape index (κ1) is 42.6. The summed E-state index contributed by atoms with van der Waals surface area (Å²) in [7, 11) is -1.00. The molecule has 0 amide bonds. The molecule has 4 aromatic rings. The maximum atomic E-state index is 13.8. The van der Waals surface area contributed by atoms with E-state index >= 15 is 0 Å². The van der Waals surface area contributed by atoms with Gasteiger partial charge in [-0.25, -0.2) is 15.0 Å². The van der Waals surface area contributed by atoms with Gasteiger partial charge in [-0.1, -0.05) is 32.0 Å². The zero-order chi connectivity index (χ0) is 36.9. The van der Waals surface area contributed by atoms with Gasteiger partial charge in [0.15, 0.2) is 0 Å². The third-order valence-corrected chi connectivity index (χ3v) is 6.26. The van der Waals surface area contributed by atoms with E-state index in [1.54, 1.807) is 36.4 Å². The number of nitrogens with zero attached hydrogens (tertiary/aromatic N) is 3. The fourth-order valence-electron chi connectivity index (χ4n) is 4.25. The van der Waals surface area contributed by atoms with Crippen LogP contribution in [-0.4, -0.2) is 50.5 Å². The fraction of sp³-hybridized carbons (Fsp3) is 0.242. The van der Waals surface area contributed by atoms with Crippen LogP contribution in [-0.2, 0) is 40.4 Å². The number of aromatic carboxylic acids is 1. The number of ether oxygens (including phenoxy) is 1. The SMILES string of the molecule is CCc1cc(CO)cc(N)c1C(=O)[O-].CCc1cc(CO)cc2c1C(O)OC(c1cccnc1F)=N2.Fc1ccccn1.O=C=O.[2H]CF.[Na+]. The summed E-state index contributed by atoms with van der Waals surface area (Å²) in [6.45, 7) is 3.47. The Labute approximate surface area is 303 Å². The molecule has 1 unspecified atom stereocenters. The van der Waals surface area contributed by atoms with Crippen molar-refractivity contribution < 1.29 is 83.6 Å². The summed E-state index contributed by atoms with van der Waals surface area (Å²) in [5.41, 5.74) is 9.55. The van der Waals surface area contributed by atoms with Crippen molar-refractivity contribution in [3.63, 3.8) is 0 Å². The third-order valence-electron chi connectivity index (χ3n) is 6.26. The van der Waals surface area contributed by atoms with Gasteiger partial charge in [-0.15, -0.1) is 0 Å². The van der Waals surface area contributed by atoms with E-state index < -0.39 is 31.3 Å². The van der Waals surface area contributed by atoms with Gasteiger partial charge in [-0.05, 0) is 71.5 Å². The van der Waals surface area contributed by atoms with Crippen LogP contribution < -0.4 is 40.4 Å². The molecule has 1 aliphatic rings. The Hall–Kier alpha value is -4.47. The van der Waals surface area contributed by atoms with Crippen LogP contribution >= 0.6 is 0 Å². The molecule has 2 aromatic heterocycles. The second-order valence-corrected chi connectivity index (χ2v) is 9.18. The summed E-state index contributed by atoms with van der Waals surface area (Å²) in [6, 6.07) is 14.2. The molecule has 0 fully saturated rings. The van der Waals surface area contributed by atoms with Gasteiger partial charge in [0, 0.05) is 29.2 Å². The maximum absolute atomic E-state index is 13.8. The Morgan fingerprint density at radius 3 is 2.04 bits per heavy atom. The average Bonchev–Trinajstić information content (AvgIpc) is 3.08. The molecule has 0 saturated heterocycles. The van der Waals surface area contributed by atoms with Crippen molar-refractivity contribution in [1.82, 2.24) is 9.97 Å². The molecule has 5 rings (SSSR count). The van der Waals surface area contributed by atoms with Gasteiger partial charge in [0.1, 0.15) is 0 Å². The number of carboxylic acids is 1. The number of aromatic nitrogens is 2. The van der Waals surface area contributed by atoms with Gasteiger partial charge in [0.25, 0.3) is 0 Å². The molecule has 49 heavy (non-hydrogen) atoms. The molecule has 5 N–H and O–H groups in total. The van der Waals surface area contributed by atoms with Crippen LogP contribution in [0.2, 0.25) is 0 Å². The molecule has 0 aliphatic carbocycles. The van der Waals surface area contributed by atoms with Crippen molar-refractivity contribution in [2.45, 2.75) is 46.2 Å². The molecule has 1 aliphatic heterocycles. The molecule has 1 atom stereocenters. The summed E-state index contributed by atoms with van der Waals surface area (Å²) in [6.07, 6.45) is 2.95. The first-order valence-electron chi connectivity index (χ1n) is 14.6. The number of alkyl halides is 1. The number of halogens is 3. The van der Waals surface area contributed by atoms with Gasteiger partial charge >= 0.3 is 35.7 Å². The van der Waals surface area contributed by atoms with Gasteiger partial charge < -0.3 is 35.7 Å². The maximum Gasteiger partial charge on any atom is 1.00 e. The molecular formula is C33H34F3N4NaO8. The van der Waals surface area contributed by atoms with Gasteiger partial charge in [-0.2, -0.15) is 18.4 Å². The first-order valence-corrected chi connectivity index (χ1v) is 13.9. The molecular weight excluding hydrogens is 660 g/mol. The van der Waals surface area contributed by atoms with E-state index in [1.165, 1.54) is 30.6 Å². The topological polar surface area (TPSA) is 208 Å². The number of rotatable bonds is 6. The molecule has 256 valence electrons. The Balaban J connectivity index is 0.000000732. The van der Waals surface area contributed by atoms with E-state index in [4.69, 9.17) is 26.5 Å². The largest absolute Gasteiger partial charge is 1.00 e. The minimum atomic E-state index is -1.27. The molecule has 0 radical (unpaired) electrons. The van der Waals surface area contributed by atoms with E-state index in [0.29, 0.717) is 40.8 Å². The molecule has 0 saturated carbocycles. The van der Waals surface area contributed by atoms with Crippen LogP contribution in [0, 0.1) is 11.9 Å². The number of carbonyl (C=O) groups is 1. The number of nitrogens with two attached hydrogens (primary N) is 1. The molecule has 16 heteroatoms. The number of fused-ring (bicyclic) bond motifs is 1. The number of hydrogen-bond donors (Lipinski definition) is 4. The zero-order valence-corrected chi connectivity index (χ0v) is 28.9. The van der Waals surface area contributed by atoms with Crippen LogP contribution in [0.3, 0.4) is 0 Å². The van der Waals surface area contributed by atoms with Gasteiger partial charge in [0.05, 0.1) is 39.0 Å². The predicted molar refractivity (Wildman–Crippen MR) is 165 cm³/mol. The van der Waals surface area contributed by atoms with Crippen LogP contribution in [0.15, 0.2) is 72.0 Å². The normalized spacial score (nSPS) is 12.2.